The average Bonchev–Trinajstić information content (AvgIpc) is 2.86. The number of rotatable bonds is 3. The van der Waals surface area contributed by atoms with Crippen molar-refractivity contribution in [3.8, 4) is 0 Å². The summed E-state index contributed by atoms with van der Waals surface area (Å²) < 4.78 is 12.8. The molecule has 2 aromatic rings. The van der Waals surface area contributed by atoms with Crippen molar-refractivity contribution >= 4 is 28.0 Å². The summed E-state index contributed by atoms with van der Waals surface area (Å²) in [6.07, 6.45) is 1.48. The van der Waals surface area contributed by atoms with Crippen LogP contribution in [0.15, 0.2) is 39.7 Å². The fraction of sp³-hybridized carbons (Fsp3) is 0.333. The van der Waals surface area contributed by atoms with Gasteiger partial charge in [-0.3, -0.25) is 4.79 Å². The van der Waals surface area contributed by atoms with Gasteiger partial charge in [0.1, 0.15) is 15.7 Å². The lowest BCUT2D eigenvalue weighted by Gasteiger charge is -2.19. The predicted octanol–water partition coefficient (Wildman–Crippen LogP) is 3.15. The van der Waals surface area contributed by atoms with Crippen LogP contribution in [-0.4, -0.2) is 20.6 Å². The molecule has 0 spiro atoms. The summed E-state index contributed by atoms with van der Waals surface area (Å²) in [6, 6.07) is 7.46. The van der Waals surface area contributed by atoms with Crippen molar-refractivity contribution in [1.29, 1.82) is 0 Å². The first-order valence-corrected chi connectivity index (χ1v) is 8.50. The maximum atomic E-state index is 12.4. The molecule has 0 radical (unpaired) electrons. The van der Waals surface area contributed by atoms with Crippen LogP contribution in [0.2, 0.25) is 0 Å². The molecule has 1 amide bonds. The Kier molecular flexibility index (Phi) is 4.58. The first-order valence-electron chi connectivity index (χ1n) is 6.53. The molecule has 2 rings (SSSR count). The third-order valence-corrected chi connectivity index (χ3v) is 5.21. The number of carbonyl (C=O) groups is 1. The molecule has 1 N–H and O–H groups in total. The van der Waals surface area contributed by atoms with Gasteiger partial charge in [-0.25, -0.2) is 9.19 Å². The lowest BCUT2D eigenvalue weighted by atomic mass is 10.1. The molecular weight excluding hydrogens is 304 g/mol. The molecule has 1 unspecified atom stereocenters. The van der Waals surface area contributed by atoms with Crippen LogP contribution in [-0.2, 0) is 10.8 Å². The van der Waals surface area contributed by atoms with E-state index in [2.05, 4.69) is 10.3 Å². The maximum absolute atomic E-state index is 12.4. The molecule has 0 bridgehead atoms. The summed E-state index contributed by atoms with van der Waals surface area (Å²) >= 11 is 1.17. The number of carbonyl (C=O) groups excluding carboxylic acids is 1. The van der Waals surface area contributed by atoms with Gasteiger partial charge in [0.15, 0.2) is 4.34 Å². The number of nitrogens with one attached hydrogen (secondary N) is 1. The summed E-state index contributed by atoms with van der Waals surface area (Å²) in [6.45, 7) is 7.72. The topological polar surface area (TPSA) is 59.1 Å². The largest absolute Gasteiger partial charge is 0.347 e. The summed E-state index contributed by atoms with van der Waals surface area (Å²) in [5, 5.41) is 2.87. The van der Waals surface area contributed by atoms with E-state index in [0.717, 1.165) is 5.56 Å². The zero-order valence-corrected chi connectivity index (χ0v) is 14.1. The molecule has 1 atom stereocenters. The fourth-order valence-corrected chi connectivity index (χ4v) is 3.75. The number of aromatic nitrogens is 1. The van der Waals surface area contributed by atoms with Crippen molar-refractivity contribution in [3.63, 3.8) is 0 Å². The number of aryl methyl sites for hydroxylation is 1. The van der Waals surface area contributed by atoms with Crippen LogP contribution in [0.5, 0.6) is 0 Å². The van der Waals surface area contributed by atoms with E-state index in [1.54, 1.807) is 0 Å². The minimum atomic E-state index is -1.35. The van der Waals surface area contributed by atoms with Crippen molar-refractivity contribution < 1.29 is 9.00 Å². The first-order chi connectivity index (χ1) is 9.76. The van der Waals surface area contributed by atoms with Gasteiger partial charge in [0.25, 0.3) is 5.91 Å². The molecule has 4 nitrogen and oxygen atoms in total. The molecule has 0 aliphatic carbocycles. The second-order valence-electron chi connectivity index (χ2n) is 5.78. The van der Waals surface area contributed by atoms with Crippen molar-refractivity contribution in [3.05, 3.63) is 40.9 Å². The van der Waals surface area contributed by atoms with Crippen LogP contribution >= 0.6 is 11.3 Å². The zero-order chi connectivity index (χ0) is 15.6. The average molecular weight is 322 g/mol. The van der Waals surface area contributed by atoms with Gasteiger partial charge in [0.2, 0.25) is 0 Å². The van der Waals surface area contributed by atoms with Gasteiger partial charge in [-0.05, 0) is 39.8 Å². The summed E-state index contributed by atoms with van der Waals surface area (Å²) in [5.41, 5.74) is 0.803. The maximum Gasteiger partial charge on any atom is 0.263 e. The minimum Gasteiger partial charge on any atom is -0.347 e. The van der Waals surface area contributed by atoms with Crippen LogP contribution in [0.3, 0.4) is 0 Å². The summed E-state index contributed by atoms with van der Waals surface area (Å²) in [4.78, 5) is 17.3. The molecule has 0 aliphatic rings. The van der Waals surface area contributed by atoms with Gasteiger partial charge in [-0.15, -0.1) is 0 Å². The summed E-state index contributed by atoms with van der Waals surface area (Å²) in [7, 11) is -1.35. The van der Waals surface area contributed by atoms with E-state index >= 15 is 0 Å². The quantitative estimate of drug-likeness (QED) is 0.944. The smallest absolute Gasteiger partial charge is 0.263 e. The van der Waals surface area contributed by atoms with Crippen molar-refractivity contribution in [2.75, 3.05) is 0 Å². The lowest BCUT2D eigenvalue weighted by Crippen LogP contribution is -2.40. The molecule has 0 aliphatic heterocycles. The number of thiazole rings is 1. The molecule has 0 saturated carbocycles. The Morgan fingerprint density at radius 2 is 1.86 bits per heavy atom. The van der Waals surface area contributed by atoms with Crippen LogP contribution in [0.1, 0.15) is 36.0 Å². The minimum absolute atomic E-state index is 0.188. The van der Waals surface area contributed by atoms with E-state index < -0.39 is 10.8 Å². The Morgan fingerprint density at radius 1 is 1.24 bits per heavy atom. The van der Waals surface area contributed by atoms with Crippen molar-refractivity contribution in [1.82, 2.24) is 10.3 Å². The van der Waals surface area contributed by atoms with Gasteiger partial charge < -0.3 is 5.32 Å². The highest BCUT2D eigenvalue weighted by Crippen LogP contribution is 2.22. The monoisotopic (exact) mass is 322 g/mol. The van der Waals surface area contributed by atoms with E-state index in [9.17, 15) is 9.00 Å². The normalized spacial score (nSPS) is 13.0. The number of hydrogen-bond acceptors (Lipinski definition) is 4. The molecule has 0 saturated heterocycles. The van der Waals surface area contributed by atoms with E-state index in [4.69, 9.17) is 0 Å². The van der Waals surface area contributed by atoms with Crippen LogP contribution < -0.4 is 5.32 Å². The Labute approximate surface area is 131 Å². The number of nitrogens with zero attached hydrogens (tertiary/aromatic N) is 1. The first kappa shape index (κ1) is 15.9. The molecule has 6 heteroatoms. The third-order valence-electron chi connectivity index (χ3n) is 2.59. The number of amides is 1. The van der Waals surface area contributed by atoms with E-state index in [-0.39, 0.29) is 11.4 Å². The van der Waals surface area contributed by atoms with Crippen molar-refractivity contribution in [2.45, 2.75) is 42.5 Å². The molecule has 1 aromatic carbocycles. The SMILES string of the molecule is Cc1ccc(S(=O)c2ncc(C(=O)NC(C)(C)C)s2)cc1. The highest BCUT2D eigenvalue weighted by Gasteiger charge is 2.19. The van der Waals surface area contributed by atoms with E-state index in [1.807, 2.05) is 52.0 Å². The van der Waals surface area contributed by atoms with Crippen molar-refractivity contribution in [2.24, 2.45) is 0 Å². The number of benzene rings is 1. The van der Waals surface area contributed by atoms with Crippen LogP contribution in [0, 0.1) is 6.92 Å². The Bertz CT molecular complexity index is 670. The predicted molar refractivity (Wildman–Crippen MR) is 85.2 cm³/mol. The van der Waals surface area contributed by atoms with Gasteiger partial charge in [0.05, 0.1) is 6.20 Å². The highest BCUT2D eigenvalue weighted by atomic mass is 32.2. The lowest BCUT2D eigenvalue weighted by molar-refractivity contribution is 0.0923. The molecule has 1 heterocycles. The Balaban J connectivity index is 2.18. The van der Waals surface area contributed by atoms with Crippen LogP contribution in [0.4, 0.5) is 0 Å². The molecule has 21 heavy (non-hydrogen) atoms. The molecule has 1 aromatic heterocycles. The molecule has 0 fully saturated rings. The second-order valence-corrected chi connectivity index (χ2v) is 8.46. The van der Waals surface area contributed by atoms with E-state index in [0.29, 0.717) is 14.1 Å². The zero-order valence-electron chi connectivity index (χ0n) is 12.5. The fourth-order valence-electron chi connectivity index (χ4n) is 1.61. The molecular formula is C15H18N2O2S2. The van der Waals surface area contributed by atoms with E-state index in [1.165, 1.54) is 17.5 Å². The third kappa shape index (κ3) is 4.22. The van der Waals surface area contributed by atoms with Gasteiger partial charge in [0, 0.05) is 10.4 Å². The Morgan fingerprint density at radius 3 is 2.43 bits per heavy atom. The van der Waals surface area contributed by atoms with Crippen LogP contribution in [0.25, 0.3) is 0 Å². The van der Waals surface area contributed by atoms with Gasteiger partial charge in [-0.1, -0.05) is 29.0 Å². The standard InChI is InChI=1S/C15H18N2O2S2/c1-10-5-7-11(8-6-10)21(19)14-16-9-12(20-14)13(18)17-15(2,3)4/h5-9H,1-4H3,(H,17,18). The Hall–Kier alpha value is -1.53. The highest BCUT2D eigenvalue weighted by molar-refractivity contribution is 7.87. The second kappa shape index (κ2) is 6.07. The van der Waals surface area contributed by atoms with Gasteiger partial charge >= 0.3 is 0 Å². The van der Waals surface area contributed by atoms with Gasteiger partial charge in [-0.2, -0.15) is 0 Å². The molecule has 112 valence electrons. The summed E-state index contributed by atoms with van der Waals surface area (Å²) in [5.74, 6) is -0.188. The number of hydrogen-bond donors (Lipinski definition) is 1.